The normalized spacial score (nSPS) is 9.94. The summed E-state index contributed by atoms with van der Waals surface area (Å²) >= 11 is 0. The van der Waals surface area contributed by atoms with E-state index in [0.717, 1.165) is 0 Å². The number of nitrogens with zero attached hydrogens (tertiary/aromatic N) is 1. The Morgan fingerprint density at radius 1 is 1.44 bits per heavy atom. The predicted molar refractivity (Wildman–Crippen MR) is 61.6 cm³/mol. The zero-order valence-corrected chi connectivity index (χ0v) is 9.86. The molecular weight excluding hydrogens is 206 g/mol. The third-order valence-electron chi connectivity index (χ3n) is 2.33. The van der Waals surface area contributed by atoms with Gasteiger partial charge in [0, 0.05) is 19.7 Å². The number of phenolic OH excluding ortho intramolecular Hbond substituents is 1. The minimum absolute atomic E-state index is 0.0257. The molecule has 1 aromatic carbocycles. The Labute approximate surface area is 95.5 Å². The summed E-state index contributed by atoms with van der Waals surface area (Å²) < 4.78 is 5.43. The molecule has 0 spiro atoms. The van der Waals surface area contributed by atoms with Gasteiger partial charge in [-0.05, 0) is 19.1 Å². The van der Waals surface area contributed by atoms with Gasteiger partial charge in [0.1, 0.15) is 11.5 Å². The fraction of sp³-hybridized carbons (Fsp3) is 0.417. The molecule has 0 aliphatic heterocycles. The van der Waals surface area contributed by atoms with Gasteiger partial charge in [-0.3, -0.25) is 4.79 Å². The Balaban J connectivity index is 2.49. The lowest BCUT2D eigenvalue weighted by molar-refractivity contribution is -0.129. The molecule has 16 heavy (non-hydrogen) atoms. The van der Waals surface area contributed by atoms with E-state index in [1.165, 1.54) is 4.90 Å². The number of carbonyl (C=O) groups excluding carboxylic acids is 1. The van der Waals surface area contributed by atoms with Crippen molar-refractivity contribution < 1.29 is 14.6 Å². The van der Waals surface area contributed by atoms with Crippen LogP contribution in [0, 0.1) is 6.92 Å². The maximum absolute atomic E-state index is 11.3. The standard InChI is InChI=1S/C12H17NO3/c1-9-10(14)5-4-6-11(9)16-8-7-12(15)13(2)3/h4-6,14H,7-8H2,1-3H3. The van der Waals surface area contributed by atoms with Gasteiger partial charge in [-0.15, -0.1) is 0 Å². The number of hydrogen-bond acceptors (Lipinski definition) is 3. The lowest BCUT2D eigenvalue weighted by Crippen LogP contribution is -2.23. The van der Waals surface area contributed by atoms with Gasteiger partial charge in [0.25, 0.3) is 0 Å². The number of phenols is 1. The van der Waals surface area contributed by atoms with Gasteiger partial charge < -0.3 is 14.7 Å². The summed E-state index contributed by atoms with van der Waals surface area (Å²) in [6, 6.07) is 5.09. The molecule has 0 aromatic heterocycles. The molecule has 0 radical (unpaired) electrons. The van der Waals surface area contributed by atoms with Crippen LogP contribution in [0.4, 0.5) is 0 Å². The van der Waals surface area contributed by atoms with Crippen LogP contribution in [0.2, 0.25) is 0 Å². The SMILES string of the molecule is Cc1c(O)cccc1OCCC(=O)N(C)C. The van der Waals surface area contributed by atoms with Gasteiger partial charge in [-0.25, -0.2) is 0 Å². The number of hydrogen-bond donors (Lipinski definition) is 1. The second-order valence-corrected chi connectivity index (χ2v) is 3.79. The Kier molecular flexibility index (Phi) is 4.17. The Morgan fingerprint density at radius 3 is 2.75 bits per heavy atom. The minimum Gasteiger partial charge on any atom is -0.508 e. The lowest BCUT2D eigenvalue weighted by atomic mass is 10.2. The van der Waals surface area contributed by atoms with Crippen LogP contribution in [0.15, 0.2) is 18.2 Å². The first-order valence-electron chi connectivity index (χ1n) is 5.14. The zero-order chi connectivity index (χ0) is 12.1. The molecule has 4 nitrogen and oxygen atoms in total. The van der Waals surface area contributed by atoms with Crippen LogP contribution < -0.4 is 4.74 Å². The van der Waals surface area contributed by atoms with Crippen molar-refractivity contribution >= 4 is 5.91 Å². The van der Waals surface area contributed by atoms with Gasteiger partial charge in [-0.1, -0.05) is 6.07 Å². The van der Waals surface area contributed by atoms with Crippen molar-refractivity contribution in [3.05, 3.63) is 23.8 Å². The van der Waals surface area contributed by atoms with Crippen LogP contribution in [0.25, 0.3) is 0 Å². The fourth-order valence-corrected chi connectivity index (χ4v) is 1.23. The van der Waals surface area contributed by atoms with Crippen molar-refractivity contribution in [2.45, 2.75) is 13.3 Å². The van der Waals surface area contributed by atoms with E-state index < -0.39 is 0 Å². The van der Waals surface area contributed by atoms with Crippen molar-refractivity contribution in [3.8, 4) is 11.5 Å². The number of carbonyl (C=O) groups is 1. The molecule has 0 saturated carbocycles. The maximum atomic E-state index is 11.3. The van der Waals surface area contributed by atoms with E-state index in [1.807, 2.05) is 0 Å². The molecule has 4 heteroatoms. The zero-order valence-electron chi connectivity index (χ0n) is 9.86. The quantitative estimate of drug-likeness (QED) is 0.842. The number of ether oxygens (including phenoxy) is 1. The van der Waals surface area contributed by atoms with Crippen LogP contribution in [0.5, 0.6) is 11.5 Å². The van der Waals surface area contributed by atoms with E-state index in [4.69, 9.17) is 4.74 Å². The van der Waals surface area contributed by atoms with E-state index in [-0.39, 0.29) is 11.7 Å². The van der Waals surface area contributed by atoms with Gasteiger partial charge in [-0.2, -0.15) is 0 Å². The van der Waals surface area contributed by atoms with Crippen molar-refractivity contribution in [3.63, 3.8) is 0 Å². The van der Waals surface area contributed by atoms with E-state index in [9.17, 15) is 9.90 Å². The van der Waals surface area contributed by atoms with Crippen molar-refractivity contribution in [1.82, 2.24) is 4.90 Å². The number of benzene rings is 1. The van der Waals surface area contributed by atoms with Gasteiger partial charge >= 0.3 is 0 Å². The highest BCUT2D eigenvalue weighted by Gasteiger charge is 2.06. The van der Waals surface area contributed by atoms with Crippen LogP contribution in [-0.4, -0.2) is 36.6 Å². The van der Waals surface area contributed by atoms with Crippen LogP contribution in [0.3, 0.4) is 0 Å². The largest absolute Gasteiger partial charge is 0.508 e. The Bertz CT molecular complexity index is 375. The third-order valence-corrected chi connectivity index (χ3v) is 2.33. The molecule has 0 atom stereocenters. The molecule has 0 unspecified atom stereocenters. The lowest BCUT2D eigenvalue weighted by Gasteiger charge is -2.12. The van der Waals surface area contributed by atoms with Crippen molar-refractivity contribution in [1.29, 1.82) is 0 Å². The molecular formula is C12H17NO3. The highest BCUT2D eigenvalue weighted by molar-refractivity contribution is 5.75. The molecule has 0 aliphatic rings. The van der Waals surface area contributed by atoms with Gasteiger partial charge in [0.2, 0.25) is 5.91 Å². The first-order valence-corrected chi connectivity index (χ1v) is 5.14. The van der Waals surface area contributed by atoms with Crippen LogP contribution in [0.1, 0.15) is 12.0 Å². The summed E-state index contributed by atoms with van der Waals surface area (Å²) in [6.07, 6.45) is 0.335. The van der Waals surface area contributed by atoms with Crippen molar-refractivity contribution in [2.24, 2.45) is 0 Å². The smallest absolute Gasteiger partial charge is 0.225 e. The maximum Gasteiger partial charge on any atom is 0.225 e. The van der Waals surface area contributed by atoms with Crippen LogP contribution in [-0.2, 0) is 4.79 Å². The monoisotopic (exact) mass is 223 g/mol. The molecule has 0 aliphatic carbocycles. The summed E-state index contributed by atoms with van der Waals surface area (Å²) in [4.78, 5) is 12.8. The second kappa shape index (κ2) is 5.39. The van der Waals surface area contributed by atoms with Gasteiger partial charge in [0.05, 0.1) is 13.0 Å². The fourth-order valence-electron chi connectivity index (χ4n) is 1.23. The molecule has 0 heterocycles. The first kappa shape index (κ1) is 12.4. The average molecular weight is 223 g/mol. The van der Waals surface area contributed by atoms with E-state index in [0.29, 0.717) is 24.3 Å². The summed E-state index contributed by atoms with van der Waals surface area (Å²) in [5, 5.41) is 9.44. The highest BCUT2D eigenvalue weighted by atomic mass is 16.5. The van der Waals surface area contributed by atoms with E-state index in [2.05, 4.69) is 0 Å². The Morgan fingerprint density at radius 2 is 2.12 bits per heavy atom. The summed E-state index contributed by atoms with van der Waals surface area (Å²) in [6.45, 7) is 2.10. The minimum atomic E-state index is 0.0257. The molecule has 0 saturated heterocycles. The average Bonchev–Trinajstić information content (AvgIpc) is 2.24. The molecule has 1 N–H and O–H groups in total. The van der Waals surface area contributed by atoms with E-state index in [1.54, 1.807) is 39.2 Å². The summed E-state index contributed by atoms with van der Waals surface area (Å²) in [5.74, 6) is 0.848. The topological polar surface area (TPSA) is 49.8 Å². The number of aromatic hydroxyl groups is 1. The van der Waals surface area contributed by atoms with Gasteiger partial charge in [0.15, 0.2) is 0 Å². The highest BCUT2D eigenvalue weighted by Crippen LogP contribution is 2.25. The second-order valence-electron chi connectivity index (χ2n) is 3.79. The summed E-state index contributed by atoms with van der Waals surface area (Å²) in [7, 11) is 3.42. The summed E-state index contributed by atoms with van der Waals surface area (Å²) in [5.41, 5.74) is 0.694. The molecule has 88 valence electrons. The molecule has 0 bridgehead atoms. The van der Waals surface area contributed by atoms with Crippen LogP contribution >= 0.6 is 0 Å². The predicted octanol–water partition coefficient (Wildman–Crippen LogP) is 1.56. The third kappa shape index (κ3) is 3.15. The molecule has 1 rings (SSSR count). The Hall–Kier alpha value is -1.71. The molecule has 1 aromatic rings. The molecule has 0 fully saturated rings. The first-order chi connectivity index (χ1) is 7.52. The number of rotatable bonds is 4. The van der Waals surface area contributed by atoms with E-state index >= 15 is 0 Å². The molecule has 1 amide bonds. The van der Waals surface area contributed by atoms with Crippen molar-refractivity contribution in [2.75, 3.05) is 20.7 Å². The number of amides is 1.